The van der Waals surface area contributed by atoms with E-state index in [1.165, 1.54) is 11.0 Å². The standard InChI is InChI=1S/C15H16BrNO3/c16-13-3-1-2-11(8-13)6-7-14(18)17(10-15(19)20)9-12-4-5-12/h1-3,6-8,12H,4-5,9-10H2,(H,19,20)/b7-6+. The van der Waals surface area contributed by atoms with Crippen molar-refractivity contribution in [2.24, 2.45) is 5.92 Å². The van der Waals surface area contributed by atoms with Crippen LogP contribution in [-0.2, 0) is 9.59 Å². The van der Waals surface area contributed by atoms with E-state index in [0.717, 1.165) is 22.9 Å². The predicted octanol–water partition coefficient (Wildman–Crippen LogP) is 2.79. The Hall–Kier alpha value is -1.62. The van der Waals surface area contributed by atoms with Gasteiger partial charge in [0.15, 0.2) is 0 Å². The second-order valence-electron chi connectivity index (χ2n) is 4.94. The lowest BCUT2D eigenvalue weighted by molar-refractivity contribution is -0.142. The minimum absolute atomic E-state index is 0.238. The Morgan fingerprint density at radius 1 is 1.40 bits per heavy atom. The first kappa shape index (κ1) is 14.8. The van der Waals surface area contributed by atoms with Crippen LogP contribution in [0.25, 0.3) is 6.08 Å². The van der Waals surface area contributed by atoms with E-state index in [2.05, 4.69) is 15.9 Å². The van der Waals surface area contributed by atoms with E-state index in [1.54, 1.807) is 6.08 Å². The first-order valence-corrected chi connectivity index (χ1v) is 7.28. The average Bonchev–Trinajstić information content (AvgIpc) is 3.19. The summed E-state index contributed by atoms with van der Waals surface area (Å²) < 4.78 is 0.937. The second-order valence-corrected chi connectivity index (χ2v) is 5.86. The molecule has 0 unspecified atom stereocenters. The lowest BCUT2D eigenvalue weighted by atomic mass is 10.2. The Morgan fingerprint density at radius 2 is 2.15 bits per heavy atom. The Labute approximate surface area is 126 Å². The molecule has 0 aliphatic heterocycles. The molecule has 1 saturated carbocycles. The van der Waals surface area contributed by atoms with Crippen molar-refractivity contribution in [1.29, 1.82) is 0 Å². The molecule has 0 bridgehead atoms. The zero-order valence-corrected chi connectivity index (χ0v) is 12.5. The number of hydrogen-bond acceptors (Lipinski definition) is 2. The summed E-state index contributed by atoms with van der Waals surface area (Å²) in [6.07, 6.45) is 5.30. The lowest BCUT2D eigenvalue weighted by Crippen LogP contribution is -2.36. The van der Waals surface area contributed by atoms with Crippen LogP contribution in [0, 0.1) is 5.92 Å². The fourth-order valence-electron chi connectivity index (χ4n) is 1.89. The van der Waals surface area contributed by atoms with E-state index in [0.29, 0.717) is 12.5 Å². The third-order valence-electron chi connectivity index (χ3n) is 3.08. The molecule has 2 rings (SSSR count). The number of halogens is 1. The Kier molecular flexibility index (Phi) is 4.95. The Bertz CT molecular complexity index is 538. The van der Waals surface area contributed by atoms with Crippen molar-refractivity contribution in [3.8, 4) is 0 Å². The molecule has 0 radical (unpaired) electrons. The van der Waals surface area contributed by atoms with Gasteiger partial charge in [0.05, 0.1) is 0 Å². The third-order valence-corrected chi connectivity index (χ3v) is 3.57. The molecule has 0 spiro atoms. The van der Waals surface area contributed by atoms with Gasteiger partial charge in [0.2, 0.25) is 5.91 Å². The Morgan fingerprint density at radius 3 is 2.75 bits per heavy atom. The molecule has 5 heteroatoms. The molecule has 1 fully saturated rings. The molecule has 0 atom stereocenters. The number of carbonyl (C=O) groups excluding carboxylic acids is 1. The summed E-state index contributed by atoms with van der Waals surface area (Å²) in [5.41, 5.74) is 0.898. The van der Waals surface area contributed by atoms with Gasteiger partial charge in [-0.1, -0.05) is 28.1 Å². The van der Waals surface area contributed by atoms with Crippen molar-refractivity contribution in [3.05, 3.63) is 40.4 Å². The van der Waals surface area contributed by atoms with Gasteiger partial charge in [-0.15, -0.1) is 0 Å². The third kappa shape index (κ3) is 4.81. The molecule has 1 aromatic carbocycles. The summed E-state index contributed by atoms with van der Waals surface area (Å²) in [5.74, 6) is -0.758. The van der Waals surface area contributed by atoms with Crippen molar-refractivity contribution in [2.45, 2.75) is 12.8 Å². The van der Waals surface area contributed by atoms with Crippen molar-refractivity contribution in [3.63, 3.8) is 0 Å². The van der Waals surface area contributed by atoms with E-state index in [4.69, 9.17) is 5.11 Å². The van der Waals surface area contributed by atoms with Gasteiger partial charge in [0.25, 0.3) is 0 Å². The summed E-state index contributed by atoms with van der Waals surface area (Å²) in [7, 11) is 0. The van der Waals surface area contributed by atoms with E-state index in [1.807, 2.05) is 24.3 Å². The maximum Gasteiger partial charge on any atom is 0.323 e. The number of carboxylic acid groups (broad SMARTS) is 1. The van der Waals surface area contributed by atoms with Gasteiger partial charge in [0.1, 0.15) is 6.54 Å². The summed E-state index contributed by atoms with van der Waals surface area (Å²) in [6.45, 7) is 0.298. The van der Waals surface area contributed by atoms with E-state index < -0.39 is 5.97 Å². The van der Waals surface area contributed by atoms with Gasteiger partial charge in [-0.25, -0.2) is 0 Å². The predicted molar refractivity (Wildman–Crippen MR) is 80.1 cm³/mol. The van der Waals surface area contributed by atoms with Crippen LogP contribution >= 0.6 is 15.9 Å². The van der Waals surface area contributed by atoms with Crippen LogP contribution in [0.4, 0.5) is 0 Å². The molecule has 0 heterocycles. The van der Waals surface area contributed by atoms with Gasteiger partial charge in [-0.05, 0) is 42.5 Å². The second kappa shape index (κ2) is 6.70. The van der Waals surface area contributed by atoms with Gasteiger partial charge < -0.3 is 10.0 Å². The number of carbonyl (C=O) groups is 2. The zero-order chi connectivity index (χ0) is 14.5. The molecule has 106 valence electrons. The van der Waals surface area contributed by atoms with Gasteiger partial charge in [-0.3, -0.25) is 9.59 Å². The van der Waals surface area contributed by atoms with Crippen molar-refractivity contribution >= 4 is 33.9 Å². The van der Waals surface area contributed by atoms with E-state index in [-0.39, 0.29) is 12.5 Å². The lowest BCUT2D eigenvalue weighted by Gasteiger charge is -2.18. The van der Waals surface area contributed by atoms with E-state index in [9.17, 15) is 9.59 Å². The van der Waals surface area contributed by atoms with Crippen LogP contribution in [0.2, 0.25) is 0 Å². The van der Waals surface area contributed by atoms with Crippen molar-refractivity contribution in [2.75, 3.05) is 13.1 Å². The number of hydrogen-bond donors (Lipinski definition) is 1. The Balaban J connectivity index is 2.00. The molecular weight excluding hydrogens is 322 g/mol. The number of aliphatic carboxylic acids is 1. The molecule has 1 N–H and O–H groups in total. The number of rotatable bonds is 6. The summed E-state index contributed by atoms with van der Waals surface area (Å²) in [5, 5.41) is 8.86. The topological polar surface area (TPSA) is 57.6 Å². The van der Waals surface area contributed by atoms with Crippen molar-refractivity contribution < 1.29 is 14.7 Å². The highest BCUT2D eigenvalue weighted by Crippen LogP contribution is 2.29. The number of nitrogens with zero attached hydrogens (tertiary/aromatic N) is 1. The highest BCUT2D eigenvalue weighted by Gasteiger charge is 2.26. The van der Waals surface area contributed by atoms with E-state index >= 15 is 0 Å². The van der Waals surface area contributed by atoms with Gasteiger partial charge >= 0.3 is 5.97 Å². The van der Waals surface area contributed by atoms with Crippen LogP contribution in [0.5, 0.6) is 0 Å². The molecule has 0 aromatic heterocycles. The summed E-state index contributed by atoms with van der Waals surface area (Å²) >= 11 is 3.36. The maximum atomic E-state index is 12.1. The fraction of sp³-hybridized carbons (Fsp3) is 0.333. The molecule has 4 nitrogen and oxygen atoms in total. The average molecular weight is 338 g/mol. The van der Waals surface area contributed by atoms with Gasteiger partial charge in [0, 0.05) is 17.1 Å². The zero-order valence-electron chi connectivity index (χ0n) is 11.0. The molecule has 20 heavy (non-hydrogen) atoms. The fourth-order valence-corrected chi connectivity index (χ4v) is 2.31. The summed E-state index contributed by atoms with van der Waals surface area (Å²) in [4.78, 5) is 24.3. The van der Waals surface area contributed by atoms with Crippen LogP contribution < -0.4 is 0 Å². The molecule has 0 saturated heterocycles. The van der Waals surface area contributed by atoms with Crippen LogP contribution in [0.1, 0.15) is 18.4 Å². The maximum absolute atomic E-state index is 12.1. The van der Waals surface area contributed by atoms with Crippen molar-refractivity contribution in [1.82, 2.24) is 4.90 Å². The molecule has 1 aliphatic carbocycles. The molecular formula is C15H16BrNO3. The number of benzene rings is 1. The minimum Gasteiger partial charge on any atom is -0.480 e. The monoisotopic (exact) mass is 337 g/mol. The number of amides is 1. The first-order valence-electron chi connectivity index (χ1n) is 6.49. The first-order chi connectivity index (χ1) is 9.54. The highest BCUT2D eigenvalue weighted by atomic mass is 79.9. The summed E-state index contributed by atoms with van der Waals surface area (Å²) in [6, 6.07) is 7.57. The van der Waals surface area contributed by atoms with Crippen LogP contribution in [0.15, 0.2) is 34.8 Å². The molecule has 1 aliphatic rings. The number of carboxylic acids is 1. The SMILES string of the molecule is O=C(O)CN(CC1CC1)C(=O)/C=C/c1cccc(Br)c1. The highest BCUT2D eigenvalue weighted by molar-refractivity contribution is 9.10. The minimum atomic E-state index is -0.977. The largest absolute Gasteiger partial charge is 0.480 e. The van der Waals surface area contributed by atoms with Crippen LogP contribution in [-0.4, -0.2) is 35.0 Å². The normalized spacial score (nSPS) is 14.4. The smallest absolute Gasteiger partial charge is 0.323 e. The molecule has 1 amide bonds. The quantitative estimate of drug-likeness (QED) is 0.812. The molecule has 1 aromatic rings. The van der Waals surface area contributed by atoms with Crippen LogP contribution in [0.3, 0.4) is 0 Å². The van der Waals surface area contributed by atoms with Gasteiger partial charge in [-0.2, -0.15) is 0 Å².